The van der Waals surface area contributed by atoms with Crippen molar-refractivity contribution in [3.8, 4) is 5.75 Å². The van der Waals surface area contributed by atoms with E-state index in [4.69, 9.17) is 5.11 Å². The summed E-state index contributed by atoms with van der Waals surface area (Å²) in [6.07, 6.45) is 0.468. The van der Waals surface area contributed by atoms with Gasteiger partial charge in [-0.2, -0.15) is 0 Å². The van der Waals surface area contributed by atoms with Gasteiger partial charge in [-0.05, 0) is 56.9 Å². The largest absolute Gasteiger partial charge is 0.508 e. The molecule has 0 saturated heterocycles. The van der Waals surface area contributed by atoms with E-state index in [0.29, 0.717) is 6.42 Å². The van der Waals surface area contributed by atoms with E-state index < -0.39 is 11.4 Å². The third-order valence-corrected chi connectivity index (χ3v) is 3.08. The van der Waals surface area contributed by atoms with Crippen LogP contribution in [-0.2, 0) is 11.2 Å². The van der Waals surface area contributed by atoms with E-state index in [0.717, 1.165) is 16.7 Å². The molecule has 0 aliphatic rings. The summed E-state index contributed by atoms with van der Waals surface area (Å²) in [5.41, 5.74) is 1.98. The molecule has 0 radical (unpaired) electrons. The maximum absolute atomic E-state index is 11.0. The zero-order chi connectivity index (χ0) is 12.5. The van der Waals surface area contributed by atoms with Gasteiger partial charge in [-0.3, -0.25) is 4.79 Å². The monoisotopic (exact) mass is 222 g/mol. The van der Waals surface area contributed by atoms with Crippen molar-refractivity contribution in [1.82, 2.24) is 0 Å². The minimum absolute atomic E-state index is 0.259. The second-order valence-corrected chi connectivity index (χ2v) is 4.86. The number of carbonyl (C=O) groups is 1. The summed E-state index contributed by atoms with van der Waals surface area (Å²) in [6.45, 7) is 7.15. The maximum Gasteiger partial charge on any atom is 0.309 e. The van der Waals surface area contributed by atoms with Crippen molar-refractivity contribution in [1.29, 1.82) is 0 Å². The van der Waals surface area contributed by atoms with E-state index in [1.165, 1.54) is 0 Å². The number of hydrogen-bond donors (Lipinski definition) is 2. The van der Waals surface area contributed by atoms with Crippen LogP contribution in [0.2, 0.25) is 0 Å². The molecule has 1 aromatic rings. The van der Waals surface area contributed by atoms with Crippen LogP contribution in [0, 0.1) is 19.3 Å². The molecule has 0 aromatic heterocycles. The number of rotatable bonds is 3. The lowest BCUT2D eigenvalue weighted by atomic mass is 9.83. The number of aromatic hydroxyl groups is 1. The van der Waals surface area contributed by atoms with Crippen molar-refractivity contribution < 1.29 is 15.0 Å². The predicted octanol–water partition coefficient (Wildman–Crippen LogP) is 2.66. The second kappa shape index (κ2) is 4.16. The quantitative estimate of drug-likeness (QED) is 0.826. The third kappa shape index (κ3) is 2.35. The molecule has 0 saturated carbocycles. The fraction of sp³-hybridized carbons (Fsp3) is 0.462. The Morgan fingerprint density at radius 3 is 2.31 bits per heavy atom. The molecule has 0 amide bonds. The van der Waals surface area contributed by atoms with E-state index in [1.807, 2.05) is 13.8 Å². The van der Waals surface area contributed by atoms with Gasteiger partial charge < -0.3 is 10.2 Å². The third-order valence-electron chi connectivity index (χ3n) is 3.08. The number of benzene rings is 1. The fourth-order valence-corrected chi connectivity index (χ4v) is 1.61. The Kier molecular flexibility index (Phi) is 3.27. The Morgan fingerprint density at radius 2 is 1.81 bits per heavy atom. The standard InChI is InChI=1S/C13H18O3/c1-8-9(2)11(14)6-5-10(8)7-13(3,4)12(15)16/h5-6,14H,7H2,1-4H3,(H,15,16). The van der Waals surface area contributed by atoms with Crippen LogP contribution < -0.4 is 0 Å². The van der Waals surface area contributed by atoms with E-state index in [2.05, 4.69) is 0 Å². The van der Waals surface area contributed by atoms with Crippen molar-refractivity contribution in [3.63, 3.8) is 0 Å². The fourth-order valence-electron chi connectivity index (χ4n) is 1.61. The number of phenols is 1. The first-order valence-electron chi connectivity index (χ1n) is 5.27. The molecule has 0 bridgehead atoms. The van der Waals surface area contributed by atoms with E-state index in [9.17, 15) is 9.90 Å². The first-order chi connectivity index (χ1) is 7.25. The Hall–Kier alpha value is -1.51. The molecule has 1 aromatic carbocycles. The highest BCUT2D eigenvalue weighted by Gasteiger charge is 2.28. The Morgan fingerprint density at radius 1 is 1.25 bits per heavy atom. The second-order valence-electron chi connectivity index (χ2n) is 4.86. The molecule has 1 rings (SSSR count). The van der Waals surface area contributed by atoms with Crippen LogP contribution in [-0.4, -0.2) is 16.2 Å². The summed E-state index contributed by atoms with van der Waals surface area (Å²) in [4.78, 5) is 11.0. The number of aliphatic carboxylic acids is 1. The lowest BCUT2D eigenvalue weighted by molar-refractivity contribution is -0.146. The van der Waals surface area contributed by atoms with Crippen molar-refractivity contribution in [2.75, 3.05) is 0 Å². The van der Waals surface area contributed by atoms with Crippen molar-refractivity contribution >= 4 is 5.97 Å². The van der Waals surface area contributed by atoms with Gasteiger partial charge >= 0.3 is 5.97 Å². The number of phenolic OH excluding ortho intramolecular Hbond substituents is 1. The molecule has 0 spiro atoms. The van der Waals surface area contributed by atoms with Crippen LogP contribution in [0.5, 0.6) is 5.75 Å². The summed E-state index contributed by atoms with van der Waals surface area (Å²) in [7, 11) is 0. The Labute approximate surface area is 95.7 Å². The van der Waals surface area contributed by atoms with E-state index >= 15 is 0 Å². The molecular formula is C13H18O3. The van der Waals surface area contributed by atoms with Crippen molar-refractivity contribution in [2.45, 2.75) is 34.1 Å². The lowest BCUT2D eigenvalue weighted by Gasteiger charge is -2.21. The highest BCUT2D eigenvalue weighted by molar-refractivity contribution is 5.74. The summed E-state index contributed by atoms with van der Waals surface area (Å²) >= 11 is 0. The topological polar surface area (TPSA) is 57.5 Å². The van der Waals surface area contributed by atoms with Gasteiger partial charge in [0.25, 0.3) is 0 Å². The summed E-state index contributed by atoms with van der Waals surface area (Å²) in [5.74, 6) is -0.549. The molecule has 0 atom stereocenters. The first-order valence-corrected chi connectivity index (χ1v) is 5.27. The van der Waals surface area contributed by atoms with Crippen molar-refractivity contribution in [3.05, 3.63) is 28.8 Å². The summed E-state index contributed by atoms with van der Waals surface area (Å²) in [6, 6.07) is 3.41. The summed E-state index contributed by atoms with van der Waals surface area (Å²) < 4.78 is 0. The van der Waals surface area contributed by atoms with Crippen LogP contribution in [0.15, 0.2) is 12.1 Å². The van der Waals surface area contributed by atoms with Gasteiger partial charge in [0.1, 0.15) is 5.75 Å². The molecule has 0 unspecified atom stereocenters. The van der Waals surface area contributed by atoms with Gasteiger partial charge in [0.05, 0.1) is 5.41 Å². The molecule has 2 N–H and O–H groups in total. The SMILES string of the molecule is Cc1c(O)ccc(CC(C)(C)C(=O)O)c1C. The van der Waals surface area contributed by atoms with Crippen LogP contribution >= 0.6 is 0 Å². The minimum atomic E-state index is -0.808. The zero-order valence-corrected chi connectivity index (χ0v) is 10.2. The van der Waals surface area contributed by atoms with E-state index in [1.54, 1.807) is 26.0 Å². The van der Waals surface area contributed by atoms with Crippen molar-refractivity contribution in [2.24, 2.45) is 5.41 Å². The van der Waals surface area contributed by atoms with Crippen LogP contribution in [0.3, 0.4) is 0 Å². The molecule has 0 aliphatic heterocycles. The number of carboxylic acid groups (broad SMARTS) is 1. The maximum atomic E-state index is 11.0. The lowest BCUT2D eigenvalue weighted by Crippen LogP contribution is -2.26. The molecule has 3 heteroatoms. The van der Waals surface area contributed by atoms with Gasteiger partial charge in [0.2, 0.25) is 0 Å². The van der Waals surface area contributed by atoms with Crippen LogP contribution in [0.1, 0.15) is 30.5 Å². The first kappa shape index (κ1) is 12.6. The molecule has 16 heavy (non-hydrogen) atoms. The number of carboxylic acids is 1. The average Bonchev–Trinajstić information content (AvgIpc) is 2.19. The Balaban J connectivity index is 3.08. The van der Waals surface area contributed by atoms with Gasteiger partial charge in [-0.15, -0.1) is 0 Å². The predicted molar refractivity (Wildman–Crippen MR) is 62.7 cm³/mol. The van der Waals surface area contributed by atoms with Gasteiger partial charge in [0.15, 0.2) is 0 Å². The summed E-state index contributed by atoms with van der Waals surface area (Å²) in [5, 5.41) is 18.6. The normalized spacial score (nSPS) is 11.5. The minimum Gasteiger partial charge on any atom is -0.508 e. The van der Waals surface area contributed by atoms with Gasteiger partial charge in [-0.25, -0.2) is 0 Å². The van der Waals surface area contributed by atoms with Crippen LogP contribution in [0.4, 0.5) is 0 Å². The molecule has 0 aliphatic carbocycles. The van der Waals surface area contributed by atoms with Gasteiger partial charge in [-0.1, -0.05) is 6.07 Å². The molecule has 88 valence electrons. The van der Waals surface area contributed by atoms with E-state index in [-0.39, 0.29) is 5.75 Å². The molecule has 3 nitrogen and oxygen atoms in total. The zero-order valence-electron chi connectivity index (χ0n) is 10.2. The molecule has 0 heterocycles. The number of hydrogen-bond acceptors (Lipinski definition) is 2. The van der Waals surface area contributed by atoms with Gasteiger partial charge in [0, 0.05) is 0 Å². The molecular weight excluding hydrogens is 204 g/mol. The highest BCUT2D eigenvalue weighted by Crippen LogP contribution is 2.28. The average molecular weight is 222 g/mol. The Bertz CT molecular complexity index is 419. The molecule has 0 fully saturated rings. The van der Waals surface area contributed by atoms with Crippen LogP contribution in [0.25, 0.3) is 0 Å². The smallest absolute Gasteiger partial charge is 0.309 e. The highest BCUT2D eigenvalue weighted by atomic mass is 16.4.